The van der Waals surface area contributed by atoms with Gasteiger partial charge in [0.25, 0.3) is 0 Å². The molecule has 0 atom stereocenters. The van der Waals surface area contributed by atoms with Crippen LogP contribution < -0.4 is 0 Å². The van der Waals surface area contributed by atoms with Crippen LogP contribution >= 0.6 is 11.3 Å². The highest BCUT2D eigenvalue weighted by Crippen LogP contribution is 2.37. The molecule has 2 aromatic rings. The van der Waals surface area contributed by atoms with E-state index in [9.17, 15) is 0 Å². The maximum atomic E-state index is 8.02. The van der Waals surface area contributed by atoms with E-state index in [2.05, 4.69) is 16.0 Å². The quantitative estimate of drug-likeness (QED) is 0.907. The van der Waals surface area contributed by atoms with Crippen molar-refractivity contribution in [2.24, 2.45) is 0 Å². The summed E-state index contributed by atoms with van der Waals surface area (Å²) in [4.78, 5) is 9.64. The van der Waals surface area contributed by atoms with Crippen molar-refractivity contribution in [3.8, 4) is 10.6 Å². The van der Waals surface area contributed by atoms with Crippen molar-refractivity contribution in [2.75, 3.05) is 0 Å². The fourth-order valence-corrected chi connectivity index (χ4v) is 3.66. The third-order valence-corrected chi connectivity index (χ3v) is 4.97. The lowest BCUT2D eigenvalue weighted by molar-refractivity contribution is 0.345. The molecule has 3 N–H and O–H groups in total. The average molecular weight is 329 g/mol. The van der Waals surface area contributed by atoms with Crippen molar-refractivity contribution >= 4 is 22.8 Å². The van der Waals surface area contributed by atoms with Gasteiger partial charge in [-0.15, -0.1) is 11.3 Å². The molecule has 1 aliphatic carbocycles. The molecule has 3 heterocycles. The van der Waals surface area contributed by atoms with Gasteiger partial charge in [-0.2, -0.15) is 0 Å². The normalized spacial score (nSPS) is 17.0. The molecule has 5 nitrogen and oxygen atoms in total. The first-order valence-electron chi connectivity index (χ1n) is 7.35. The van der Waals surface area contributed by atoms with E-state index in [0.29, 0.717) is 0 Å². The van der Waals surface area contributed by atoms with Gasteiger partial charge in [0.05, 0.1) is 4.88 Å². The van der Waals surface area contributed by atoms with Crippen LogP contribution in [0, 0.1) is 5.41 Å². The van der Waals surface area contributed by atoms with Crippen LogP contribution in [0.15, 0.2) is 48.1 Å². The van der Waals surface area contributed by atoms with Gasteiger partial charge in [0.2, 0.25) is 0 Å². The Morgan fingerprint density at radius 2 is 2.17 bits per heavy atom. The van der Waals surface area contributed by atoms with Crippen molar-refractivity contribution in [1.29, 1.82) is 5.41 Å². The Labute approximate surface area is 139 Å². The molecule has 0 radical (unpaired) electrons. The number of nitrogens with zero attached hydrogens (tertiary/aromatic N) is 2. The highest BCUT2D eigenvalue weighted by Gasteiger charge is 2.24. The van der Waals surface area contributed by atoms with E-state index in [1.165, 1.54) is 0 Å². The number of pyridine rings is 1. The Hall–Kier alpha value is -2.31. The molecule has 2 aliphatic rings. The summed E-state index contributed by atoms with van der Waals surface area (Å²) in [6.07, 6.45) is 11.1. The zero-order valence-electron chi connectivity index (χ0n) is 12.5. The summed E-state index contributed by atoms with van der Waals surface area (Å²) in [6.45, 7) is 0. The van der Waals surface area contributed by atoms with Gasteiger partial charge in [-0.3, -0.25) is 4.98 Å². The lowest BCUT2D eigenvalue weighted by Crippen LogP contribution is -2.15. The van der Waals surface area contributed by atoms with Crippen molar-refractivity contribution < 1.29 is 11.6 Å². The molecule has 0 saturated carbocycles. The number of ether oxygens (including phenoxy) is 1. The average Bonchev–Trinajstić information content (AvgIpc) is 3.06. The number of allylic oxidation sites excluding steroid dienone is 3. The van der Waals surface area contributed by atoms with E-state index in [1.807, 2.05) is 24.5 Å². The van der Waals surface area contributed by atoms with Crippen LogP contribution in [-0.4, -0.2) is 21.2 Å². The second-order valence-corrected chi connectivity index (χ2v) is 6.41. The second-order valence-electron chi connectivity index (χ2n) is 5.38. The molecule has 120 valence electrons. The molecular weight excluding hydrogens is 310 g/mol. The SMILES string of the molecule is N=C1CCCC2=C1CC=C(c1cnc(-c3cccnc3)s1)O2.O.[HH]. The summed E-state index contributed by atoms with van der Waals surface area (Å²) in [5.74, 6) is 1.85. The smallest absolute Gasteiger partial charge is 0.142 e. The second kappa shape index (κ2) is 6.44. The molecule has 0 bridgehead atoms. The number of thiazole rings is 1. The summed E-state index contributed by atoms with van der Waals surface area (Å²) in [7, 11) is 0. The molecule has 4 rings (SSSR count). The Morgan fingerprint density at radius 1 is 1.26 bits per heavy atom. The molecule has 23 heavy (non-hydrogen) atoms. The predicted octanol–water partition coefficient (Wildman–Crippen LogP) is 3.85. The lowest BCUT2D eigenvalue weighted by atomic mass is 9.92. The third kappa shape index (κ3) is 2.95. The number of rotatable bonds is 2. The van der Waals surface area contributed by atoms with Gasteiger partial charge in [0.15, 0.2) is 0 Å². The minimum absolute atomic E-state index is 0. The number of hydrogen-bond acceptors (Lipinski definition) is 5. The van der Waals surface area contributed by atoms with Gasteiger partial charge in [-0.1, -0.05) is 0 Å². The van der Waals surface area contributed by atoms with Crippen molar-refractivity contribution in [3.63, 3.8) is 0 Å². The zero-order valence-corrected chi connectivity index (χ0v) is 13.3. The topological polar surface area (TPSA) is 90.4 Å². The lowest BCUT2D eigenvalue weighted by Gasteiger charge is -2.25. The fourth-order valence-electron chi connectivity index (χ4n) is 2.78. The Bertz CT molecular complexity index is 799. The van der Waals surface area contributed by atoms with Gasteiger partial charge in [-0.05, 0) is 37.5 Å². The third-order valence-electron chi connectivity index (χ3n) is 3.91. The number of hydrogen-bond donors (Lipinski definition) is 1. The van der Waals surface area contributed by atoms with Crippen LogP contribution in [0.3, 0.4) is 0 Å². The van der Waals surface area contributed by atoms with Crippen LogP contribution in [0.25, 0.3) is 16.3 Å². The maximum absolute atomic E-state index is 8.02. The van der Waals surface area contributed by atoms with E-state index in [-0.39, 0.29) is 6.90 Å². The van der Waals surface area contributed by atoms with Crippen molar-refractivity contribution in [1.82, 2.24) is 9.97 Å². The van der Waals surface area contributed by atoms with Crippen LogP contribution in [0.5, 0.6) is 0 Å². The first-order valence-corrected chi connectivity index (χ1v) is 8.17. The van der Waals surface area contributed by atoms with Crippen LogP contribution in [0.2, 0.25) is 0 Å². The molecule has 6 heteroatoms. The van der Waals surface area contributed by atoms with Crippen molar-refractivity contribution in [2.45, 2.75) is 25.7 Å². The monoisotopic (exact) mass is 329 g/mol. The zero-order chi connectivity index (χ0) is 14.9. The van der Waals surface area contributed by atoms with E-state index < -0.39 is 0 Å². The van der Waals surface area contributed by atoms with E-state index >= 15 is 0 Å². The molecule has 0 spiro atoms. The van der Waals surface area contributed by atoms with Crippen LogP contribution in [0.1, 0.15) is 32.0 Å². The molecule has 0 aromatic carbocycles. The van der Waals surface area contributed by atoms with E-state index in [0.717, 1.165) is 63.9 Å². The molecule has 0 saturated heterocycles. The van der Waals surface area contributed by atoms with Crippen LogP contribution in [0.4, 0.5) is 0 Å². The Kier molecular flexibility index (Phi) is 4.36. The molecular formula is C17H19N3O2S. The van der Waals surface area contributed by atoms with Crippen molar-refractivity contribution in [3.05, 3.63) is 53.0 Å². The summed E-state index contributed by atoms with van der Waals surface area (Å²) in [6, 6.07) is 3.92. The molecule has 0 unspecified atom stereocenters. The van der Waals surface area contributed by atoms with Gasteiger partial charge >= 0.3 is 0 Å². The first-order chi connectivity index (χ1) is 10.8. The molecule has 2 aromatic heterocycles. The Morgan fingerprint density at radius 3 is 3.00 bits per heavy atom. The predicted molar refractivity (Wildman–Crippen MR) is 93.4 cm³/mol. The van der Waals surface area contributed by atoms with Gasteiger partial charge in [0, 0.05) is 43.3 Å². The van der Waals surface area contributed by atoms with Gasteiger partial charge in [-0.25, -0.2) is 4.98 Å². The molecule has 0 fully saturated rings. The van der Waals surface area contributed by atoms with E-state index in [1.54, 1.807) is 17.5 Å². The Balaban J connectivity index is 0.00000104. The summed E-state index contributed by atoms with van der Waals surface area (Å²) in [5, 5.41) is 8.96. The summed E-state index contributed by atoms with van der Waals surface area (Å²) < 4.78 is 6.05. The summed E-state index contributed by atoms with van der Waals surface area (Å²) >= 11 is 1.61. The maximum Gasteiger partial charge on any atom is 0.142 e. The van der Waals surface area contributed by atoms with Gasteiger partial charge < -0.3 is 15.6 Å². The largest absolute Gasteiger partial charge is 0.460 e. The fraction of sp³-hybridized carbons (Fsp3) is 0.235. The number of aromatic nitrogens is 2. The standard InChI is InChI=1S/C17H15N3OS.H2O.H2/c18-13-4-1-5-14-12(13)6-7-15(21-14)16-10-20-17(22-16)11-3-2-8-19-9-11;;/h2-3,7-10,18H,1,4-6H2;1H2;1H. The molecule has 0 amide bonds. The molecule has 1 aliphatic heterocycles. The van der Waals surface area contributed by atoms with Gasteiger partial charge in [0.1, 0.15) is 16.5 Å². The highest BCUT2D eigenvalue weighted by atomic mass is 32.1. The number of nitrogens with one attached hydrogen (secondary N) is 1. The van der Waals surface area contributed by atoms with E-state index in [4.69, 9.17) is 10.1 Å². The first kappa shape index (κ1) is 15.6. The summed E-state index contributed by atoms with van der Waals surface area (Å²) in [5.41, 5.74) is 2.83. The minimum Gasteiger partial charge on any atom is -0.460 e. The highest BCUT2D eigenvalue weighted by molar-refractivity contribution is 7.16. The van der Waals surface area contributed by atoms with Crippen LogP contribution in [-0.2, 0) is 4.74 Å². The minimum atomic E-state index is 0.